The van der Waals surface area contributed by atoms with Gasteiger partial charge in [-0.1, -0.05) is 18.2 Å². The molecule has 0 fully saturated rings. The SMILES string of the molecule is CC(O)CN(C)C(=O)Cc1c[nH]c2ccccc12. The fourth-order valence-electron chi connectivity index (χ4n) is 2.07. The number of carbonyl (C=O) groups is 1. The Labute approximate surface area is 106 Å². The third-order valence-electron chi connectivity index (χ3n) is 2.98. The standard InChI is InChI=1S/C14H18N2O2/c1-10(17)9-16(2)14(18)7-11-8-15-13-6-4-3-5-12(11)13/h3-6,8,10,15,17H,7,9H2,1-2H3. The van der Waals surface area contributed by atoms with Crippen molar-refractivity contribution in [2.75, 3.05) is 13.6 Å². The van der Waals surface area contributed by atoms with Gasteiger partial charge in [-0.15, -0.1) is 0 Å². The fraction of sp³-hybridized carbons (Fsp3) is 0.357. The Hall–Kier alpha value is -1.81. The number of fused-ring (bicyclic) bond motifs is 1. The van der Waals surface area contributed by atoms with E-state index in [1.165, 1.54) is 0 Å². The molecule has 1 unspecified atom stereocenters. The molecule has 0 saturated carbocycles. The van der Waals surface area contributed by atoms with Crippen molar-refractivity contribution < 1.29 is 9.90 Å². The number of likely N-dealkylation sites (N-methyl/N-ethyl adjacent to an activating group) is 1. The zero-order chi connectivity index (χ0) is 13.1. The van der Waals surface area contributed by atoms with Crippen LogP contribution in [0.3, 0.4) is 0 Å². The van der Waals surface area contributed by atoms with Gasteiger partial charge in [-0.2, -0.15) is 0 Å². The predicted molar refractivity (Wildman–Crippen MR) is 71.3 cm³/mol. The summed E-state index contributed by atoms with van der Waals surface area (Å²) in [6.45, 7) is 2.04. The lowest BCUT2D eigenvalue weighted by Gasteiger charge is -2.18. The zero-order valence-corrected chi connectivity index (χ0v) is 10.7. The monoisotopic (exact) mass is 246 g/mol. The minimum Gasteiger partial charge on any atom is -0.392 e. The van der Waals surface area contributed by atoms with Crippen molar-refractivity contribution in [3.8, 4) is 0 Å². The van der Waals surface area contributed by atoms with Gasteiger partial charge in [0, 0.05) is 30.7 Å². The zero-order valence-electron chi connectivity index (χ0n) is 10.7. The molecule has 0 aliphatic carbocycles. The smallest absolute Gasteiger partial charge is 0.226 e. The first kappa shape index (κ1) is 12.6. The van der Waals surface area contributed by atoms with E-state index in [0.29, 0.717) is 13.0 Å². The molecule has 0 aliphatic heterocycles. The summed E-state index contributed by atoms with van der Waals surface area (Å²) in [7, 11) is 1.71. The second kappa shape index (κ2) is 5.23. The van der Waals surface area contributed by atoms with Gasteiger partial charge >= 0.3 is 0 Å². The largest absolute Gasteiger partial charge is 0.392 e. The Balaban J connectivity index is 2.12. The summed E-state index contributed by atoms with van der Waals surface area (Å²) in [6.07, 6.45) is 1.73. The van der Waals surface area contributed by atoms with E-state index < -0.39 is 6.10 Å². The van der Waals surface area contributed by atoms with Gasteiger partial charge in [0.05, 0.1) is 12.5 Å². The molecule has 18 heavy (non-hydrogen) atoms. The number of para-hydroxylation sites is 1. The summed E-state index contributed by atoms with van der Waals surface area (Å²) in [4.78, 5) is 16.7. The summed E-state index contributed by atoms with van der Waals surface area (Å²) in [6, 6.07) is 7.92. The molecule has 0 saturated heterocycles. The minimum absolute atomic E-state index is 0.0145. The summed E-state index contributed by atoms with van der Waals surface area (Å²) in [5.74, 6) is 0.0145. The highest BCUT2D eigenvalue weighted by Crippen LogP contribution is 2.18. The van der Waals surface area contributed by atoms with Crippen LogP contribution in [0.4, 0.5) is 0 Å². The number of aliphatic hydroxyl groups is 1. The molecule has 1 aromatic heterocycles. The van der Waals surface area contributed by atoms with Crippen molar-refractivity contribution in [3.05, 3.63) is 36.0 Å². The number of carbonyl (C=O) groups excluding carboxylic acids is 1. The fourth-order valence-corrected chi connectivity index (χ4v) is 2.07. The van der Waals surface area contributed by atoms with Gasteiger partial charge < -0.3 is 15.0 Å². The molecule has 0 spiro atoms. The van der Waals surface area contributed by atoms with Gasteiger partial charge in [0.25, 0.3) is 0 Å². The molecule has 4 heteroatoms. The number of aliphatic hydroxyl groups excluding tert-OH is 1. The molecule has 0 bridgehead atoms. The Morgan fingerprint density at radius 1 is 1.44 bits per heavy atom. The van der Waals surface area contributed by atoms with Crippen LogP contribution >= 0.6 is 0 Å². The van der Waals surface area contributed by atoms with Crippen molar-refractivity contribution in [3.63, 3.8) is 0 Å². The summed E-state index contributed by atoms with van der Waals surface area (Å²) in [5.41, 5.74) is 2.03. The van der Waals surface area contributed by atoms with Crippen LogP contribution in [0.15, 0.2) is 30.5 Å². The minimum atomic E-state index is -0.498. The molecule has 1 aromatic carbocycles. The Morgan fingerprint density at radius 2 is 2.17 bits per heavy atom. The van der Waals surface area contributed by atoms with E-state index in [-0.39, 0.29) is 5.91 Å². The summed E-state index contributed by atoms with van der Waals surface area (Å²) >= 11 is 0. The maximum atomic E-state index is 12.0. The lowest BCUT2D eigenvalue weighted by atomic mass is 10.1. The molecule has 96 valence electrons. The van der Waals surface area contributed by atoms with E-state index >= 15 is 0 Å². The number of nitrogens with zero attached hydrogens (tertiary/aromatic N) is 1. The molecular weight excluding hydrogens is 228 g/mol. The lowest BCUT2D eigenvalue weighted by molar-refractivity contribution is -0.130. The number of H-pyrrole nitrogens is 1. The molecule has 4 nitrogen and oxygen atoms in total. The van der Waals surface area contributed by atoms with Crippen molar-refractivity contribution in [2.45, 2.75) is 19.4 Å². The Kier molecular flexibility index (Phi) is 3.67. The highest BCUT2D eigenvalue weighted by molar-refractivity contribution is 5.88. The molecular formula is C14H18N2O2. The van der Waals surface area contributed by atoms with E-state index in [1.807, 2.05) is 30.5 Å². The number of hydrogen-bond donors (Lipinski definition) is 2. The summed E-state index contributed by atoms with van der Waals surface area (Å²) < 4.78 is 0. The molecule has 2 N–H and O–H groups in total. The van der Waals surface area contributed by atoms with Crippen LogP contribution in [-0.2, 0) is 11.2 Å². The summed E-state index contributed by atoms with van der Waals surface area (Å²) in [5, 5.41) is 10.3. The first-order valence-corrected chi connectivity index (χ1v) is 6.05. The van der Waals surface area contributed by atoms with E-state index in [9.17, 15) is 9.90 Å². The maximum Gasteiger partial charge on any atom is 0.226 e. The second-order valence-corrected chi connectivity index (χ2v) is 4.66. The number of amides is 1. The predicted octanol–water partition coefficient (Wildman–Crippen LogP) is 1.55. The molecule has 0 radical (unpaired) electrons. The van der Waals surface area contributed by atoms with Crippen LogP contribution in [0.2, 0.25) is 0 Å². The van der Waals surface area contributed by atoms with Gasteiger partial charge in [-0.3, -0.25) is 4.79 Å². The molecule has 1 atom stereocenters. The number of aromatic amines is 1. The van der Waals surface area contributed by atoms with Crippen molar-refractivity contribution in [2.24, 2.45) is 0 Å². The van der Waals surface area contributed by atoms with E-state index in [4.69, 9.17) is 0 Å². The quantitative estimate of drug-likeness (QED) is 0.860. The maximum absolute atomic E-state index is 12.0. The van der Waals surface area contributed by atoms with Crippen LogP contribution in [0, 0.1) is 0 Å². The van der Waals surface area contributed by atoms with Gasteiger partial charge in [0.15, 0.2) is 0 Å². The van der Waals surface area contributed by atoms with Crippen LogP contribution < -0.4 is 0 Å². The van der Waals surface area contributed by atoms with E-state index in [1.54, 1.807) is 18.9 Å². The van der Waals surface area contributed by atoms with Crippen molar-refractivity contribution in [1.82, 2.24) is 9.88 Å². The Bertz CT molecular complexity index is 545. The average Bonchev–Trinajstić information content (AvgIpc) is 2.72. The molecule has 0 aliphatic rings. The third-order valence-corrected chi connectivity index (χ3v) is 2.98. The van der Waals surface area contributed by atoms with Gasteiger partial charge in [-0.05, 0) is 18.6 Å². The first-order chi connectivity index (χ1) is 8.58. The van der Waals surface area contributed by atoms with Gasteiger partial charge in [0.2, 0.25) is 5.91 Å². The van der Waals surface area contributed by atoms with Crippen LogP contribution in [-0.4, -0.2) is 40.6 Å². The Morgan fingerprint density at radius 3 is 2.89 bits per heavy atom. The number of rotatable bonds is 4. The first-order valence-electron chi connectivity index (χ1n) is 6.05. The van der Waals surface area contributed by atoms with Gasteiger partial charge in [0.1, 0.15) is 0 Å². The third kappa shape index (κ3) is 2.71. The number of benzene rings is 1. The van der Waals surface area contributed by atoms with Crippen molar-refractivity contribution >= 4 is 16.8 Å². The van der Waals surface area contributed by atoms with E-state index in [2.05, 4.69) is 4.98 Å². The van der Waals surface area contributed by atoms with Gasteiger partial charge in [-0.25, -0.2) is 0 Å². The van der Waals surface area contributed by atoms with E-state index in [0.717, 1.165) is 16.5 Å². The van der Waals surface area contributed by atoms with Crippen LogP contribution in [0.25, 0.3) is 10.9 Å². The number of nitrogens with one attached hydrogen (secondary N) is 1. The molecule has 2 rings (SSSR count). The normalized spacial score (nSPS) is 12.6. The molecule has 1 heterocycles. The lowest BCUT2D eigenvalue weighted by Crippen LogP contribution is -2.34. The topological polar surface area (TPSA) is 56.3 Å². The number of aromatic nitrogens is 1. The molecule has 2 aromatic rings. The van der Waals surface area contributed by atoms with Crippen LogP contribution in [0.5, 0.6) is 0 Å². The highest BCUT2D eigenvalue weighted by atomic mass is 16.3. The average molecular weight is 246 g/mol. The number of hydrogen-bond acceptors (Lipinski definition) is 2. The molecule has 1 amide bonds. The highest BCUT2D eigenvalue weighted by Gasteiger charge is 2.13. The van der Waals surface area contributed by atoms with Crippen LogP contribution in [0.1, 0.15) is 12.5 Å². The van der Waals surface area contributed by atoms with Crippen molar-refractivity contribution in [1.29, 1.82) is 0 Å². The second-order valence-electron chi connectivity index (χ2n) is 4.66.